The maximum atomic E-state index is 10.5. The highest BCUT2D eigenvalue weighted by atomic mass is 16.4. The summed E-state index contributed by atoms with van der Waals surface area (Å²) in [6.45, 7) is 2.73. The van der Waals surface area contributed by atoms with Crippen molar-refractivity contribution in [2.45, 2.75) is 38.6 Å². The SMILES string of the molecule is CCCc1cnc(NCCCC(N)C(=O)O)nc1. The number of anilines is 1. The Morgan fingerprint density at radius 1 is 1.50 bits per heavy atom. The molecule has 1 rings (SSSR count). The molecular weight excluding hydrogens is 232 g/mol. The standard InChI is InChI=1S/C12H20N4O2/c1-2-4-9-7-15-12(16-8-9)14-6-3-5-10(13)11(17)18/h7-8,10H,2-6,13H2,1H3,(H,17,18)(H,14,15,16). The molecule has 0 aliphatic heterocycles. The molecule has 1 atom stereocenters. The Morgan fingerprint density at radius 3 is 2.72 bits per heavy atom. The predicted octanol–water partition coefficient (Wildman–Crippen LogP) is 1.03. The van der Waals surface area contributed by atoms with E-state index in [0.717, 1.165) is 18.4 Å². The average Bonchev–Trinajstić information content (AvgIpc) is 2.36. The molecule has 1 unspecified atom stereocenters. The van der Waals surface area contributed by atoms with Gasteiger partial charge in [-0.3, -0.25) is 4.79 Å². The van der Waals surface area contributed by atoms with E-state index < -0.39 is 12.0 Å². The van der Waals surface area contributed by atoms with E-state index >= 15 is 0 Å². The van der Waals surface area contributed by atoms with Gasteiger partial charge in [0, 0.05) is 18.9 Å². The summed E-state index contributed by atoms with van der Waals surface area (Å²) < 4.78 is 0. The van der Waals surface area contributed by atoms with E-state index in [9.17, 15) is 4.79 Å². The fraction of sp³-hybridized carbons (Fsp3) is 0.583. The first-order valence-corrected chi connectivity index (χ1v) is 6.16. The number of aromatic nitrogens is 2. The number of nitrogens with two attached hydrogens (primary N) is 1. The summed E-state index contributed by atoms with van der Waals surface area (Å²) in [7, 11) is 0. The van der Waals surface area contributed by atoms with Gasteiger partial charge in [-0.25, -0.2) is 9.97 Å². The van der Waals surface area contributed by atoms with Gasteiger partial charge >= 0.3 is 5.97 Å². The molecule has 0 fully saturated rings. The molecule has 0 saturated heterocycles. The van der Waals surface area contributed by atoms with Crippen LogP contribution in [-0.2, 0) is 11.2 Å². The number of carbonyl (C=O) groups is 1. The van der Waals surface area contributed by atoms with Crippen molar-refractivity contribution in [2.75, 3.05) is 11.9 Å². The van der Waals surface area contributed by atoms with Crippen LogP contribution in [0, 0.1) is 0 Å². The van der Waals surface area contributed by atoms with Crippen LogP contribution in [0.4, 0.5) is 5.95 Å². The van der Waals surface area contributed by atoms with E-state index in [1.165, 1.54) is 0 Å². The Bertz CT molecular complexity index is 367. The number of carboxylic acids is 1. The third-order valence-corrected chi connectivity index (χ3v) is 2.54. The van der Waals surface area contributed by atoms with Crippen LogP contribution in [0.25, 0.3) is 0 Å². The van der Waals surface area contributed by atoms with Gasteiger partial charge in [-0.15, -0.1) is 0 Å². The van der Waals surface area contributed by atoms with Crippen LogP contribution < -0.4 is 11.1 Å². The number of nitrogens with one attached hydrogen (secondary N) is 1. The fourth-order valence-corrected chi connectivity index (χ4v) is 1.51. The summed E-state index contributed by atoms with van der Waals surface area (Å²) in [5.74, 6) is -0.395. The summed E-state index contributed by atoms with van der Waals surface area (Å²) in [6, 6.07) is -0.792. The highest BCUT2D eigenvalue weighted by Gasteiger charge is 2.09. The lowest BCUT2D eigenvalue weighted by molar-refractivity contribution is -0.138. The molecule has 1 heterocycles. The van der Waals surface area contributed by atoms with Gasteiger partial charge in [-0.2, -0.15) is 0 Å². The normalized spacial score (nSPS) is 12.1. The van der Waals surface area contributed by atoms with Crippen LogP contribution in [0.1, 0.15) is 31.7 Å². The molecule has 18 heavy (non-hydrogen) atoms. The largest absolute Gasteiger partial charge is 0.480 e. The van der Waals surface area contributed by atoms with E-state index in [2.05, 4.69) is 22.2 Å². The van der Waals surface area contributed by atoms with Crippen LogP contribution in [-0.4, -0.2) is 33.6 Å². The van der Waals surface area contributed by atoms with E-state index in [0.29, 0.717) is 25.3 Å². The zero-order chi connectivity index (χ0) is 13.4. The molecular formula is C12H20N4O2. The minimum Gasteiger partial charge on any atom is -0.480 e. The van der Waals surface area contributed by atoms with Crippen molar-refractivity contribution in [1.29, 1.82) is 0 Å². The van der Waals surface area contributed by atoms with E-state index in [-0.39, 0.29) is 0 Å². The van der Waals surface area contributed by atoms with E-state index in [4.69, 9.17) is 10.8 Å². The number of aliphatic carboxylic acids is 1. The van der Waals surface area contributed by atoms with Gasteiger partial charge in [0.1, 0.15) is 6.04 Å². The van der Waals surface area contributed by atoms with Gasteiger partial charge in [-0.1, -0.05) is 13.3 Å². The van der Waals surface area contributed by atoms with Crippen LogP contribution in [0.15, 0.2) is 12.4 Å². The molecule has 1 aromatic heterocycles. The maximum absolute atomic E-state index is 10.5. The zero-order valence-electron chi connectivity index (χ0n) is 10.6. The zero-order valence-corrected chi connectivity index (χ0v) is 10.6. The molecule has 100 valence electrons. The molecule has 0 aliphatic carbocycles. The summed E-state index contributed by atoms with van der Waals surface area (Å²) >= 11 is 0. The molecule has 0 radical (unpaired) electrons. The Hall–Kier alpha value is -1.69. The van der Waals surface area contributed by atoms with Crippen LogP contribution >= 0.6 is 0 Å². The molecule has 1 aromatic rings. The summed E-state index contributed by atoms with van der Waals surface area (Å²) in [4.78, 5) is 18.9. The van der Waals surface area contributed by atoms with Crippen molar-refractivity contribution >= 4 is 11.9 Å². The third-order valence-electron chi connectivity index (χ3n) is 2.54. The first-order chi connectivity index (χ1) is 8.63. The van der Waals surface area contributed by atoms with Gasteiger partial charge in [0.25, 0.3) is 0 Å². The summed E-state index contributed by atoms with van der Waals surface area (Å²) in [5.41, 5.74) is 6.51. The smallest absolute Gasteiger partial charge is 0.320 e. The summed E-state index contributed by atoms with van der Waals surface area (Å²) in [5, 5.41) is 11.6. The topological polar surface area (TPSA) is 101 Å². The Kier molecular flexibility index (Phi) is 6.07. The number of hydrogen-bond donors (Lipinski definition) is 3. The molecule has 0 saturated carbocycles. The van der Waals surface area contributed by atoms with Gasteiger partial charge < -0.3 is 16.2 Å². The number of nitrogens with zero attached hydrogens (tertiary/aromatic N) is 2. The van der Waals surface area contributed by atoms with Gasteiger partial charge in [0.05, 0.1) is 0 Å². The second-order valence-electron chi connectivity index (χ2n) is 4.18. The van der Waals surface area contributed by atoms with Crippen molar-refractivity contribution in [1.82, 2.24) is 9.97 Å². The maximum Gasteiger partial charge on any atom is 0.320 e. The molecule has 4 N–H and O–H groups in total. The van der Waals surface area contributed by atoms with Crippen LogP contribution in [0.3, 0.4) is 0 Å². The fourth-order valence-electron chi connectivity index (χ4n) is 1.51. The Morgan fingerprint density at radius 2 is 2.17 bits per heavy atom. The molecule has 0 aliphatic rings. The third kappa shape index (κ3) is 5.09. The lowest BCUT2D eigenvalue weighted by atomic mass is 10.2. The van der Waals surface area contributed by atoms with Crippen molar-refractivity contribution in [3.63, 3.8) is 0 Å². The second-order valence-corrected chi connectivity index (χ2v) is 4.18. The molecule has 0 spiro atoms. The number of aryl methyl sites for hydroxylation is 1. The molecule has 6 nitrogen and oxygen atoms in total. The average molecular weight is 252 g/mol. The van der Waals surface area contributed by atoms with E-state index in [1.54, 1.807) is 0 Å². The van der Waals surface area contributed by atoms with Gasteiger partial charge in [0.15, 0.2) is 0 Å². The lowest BCUT2D eigenvalue weighted by Gasteiger charge is -2.07. The number of carboxylic acid groups (broad SMARTS) is 1. The summed E-state index contributed by atoms with van der Waals surface area (Å²) in [6.07, 6.45) is 6.78. The minimum absolute atomic E-state index is 0.441. The van der Waals surface area contributed by atoms with Crippen molar-refractivity contribution in [3.05, 3.63) is 18.0 Å². The predicted molar refractivity (Wildman–Crippen MR) is 69.4 cm³/mol. The first-order valence-electron chi connectivity index (χ1n) is 6.16. The highest BCUT2D eigenvalue weighted by Crippen LogP contribution is 2.03. The molecule has 0 amide bonds. The number of hydrogen-bond acceptors (Lipinski definition) is 5. The molecule has 6 heteroatoms. The van der Waals surface area contributed by atoms with Gasteiger partial charge in [0.2, 0.25) is 5.95 Å². The molecule has 0 bridgehead atoms. The van der Waals surface area contributed by atoms with Gasteiger partial charge in [-0.05, 0) is 24.8 Å². The first kappa shape index (κ1) is 14.4. The Balaban J connectivity index is 2.25. The van der Waals surface area contributed by atoms with Crippen molar-refractivity contribution in [3.8, 4) is 0 Å². The van der Waals surface area contributed by atoms with Crippen molar-refractivity contribution < 1.29 is 9.90 Å². The quantitative estimate of drug-likeness (QED) is 0.597. The van der Waals surface area contributed by atoms with Crippen LogP contribution in [0.2, 0.25) is 0 Å². The van der Waals surface area contributed by atoms with E-state index in [1.807, 2.05) is 12.4 Å². The lowest BCUT2D eigenvalue weighted by Crippen LogP contribution is -2.30. The van der Waals surface area contributed by atoms with Crippen LogP contribution in [0.5, 0.6) is 0 Å². The molecule has 0 aromatic carbocycles. The van der Waals surface area contributed by atoms with Crippen molar-refractivity contribution in [2.24, 2.45) is 5.73 Å². The Labute approximate surface area is 107 Å². The monoisotopic (exact) mass is 252 g/mol. The number of rotatable bonds is 8. The minimum atomic E-state index is -0.963. The highest BCUT2D eigenvalue weighted by molar-refractivity contribution is 5.72. The second kappa shape index (κ2) is 7.60.